The van der Waals surface area contributed by atoms with Gasteiger partial charge in [0.2, 0.25) is 0 Å². The topological polar surface area (TPSA) is 66.9 Å². The molecule has 0 radical (unpaired) electrons. The summed E-state index contributed by atoms with van der Waals surface area (Å²) in [6, 6.07) is 0. The van der Waals surface area contributed by atoms with Gasteiger partial charge in [0.1, 0.15) is 11.5 Å². The van der Waals surface area contributed by atoms with E-state index in [1.54, 1.807) is 6.20 Å². The molecule has 0 aliphatic carbocycles. The van der Waals surface area contributed by atoms with Crippen LogP contribution in [-0.4, -0.2) is 29.0 Å². The summed E-state index contributed by atoms with van der Waals surface area (Å²) in [6.45, 7) is 7.84. The molecular weight excluding hydrogens is 252 g/mol. The van der Waals surface area contributed by atoms with Crippen LogP contribution < -0.4 is 10.6 Å². The Hall–Kier alpha value is -1.65. The smallest absolute Gasteiger partial charge is 0.271 e. The van der Waals surface area contributed by atoms with Crippen LogP contribution in [0.25, 0.3) is 0 Å². The Bertz CT molecular complexity index is 391. The van der Waals surface area contributed by atoms with Gasteiger partial charge in [0.15, 0.2) is 0 Å². The molecule has 0 fully saturated rings. The van der Waals surface area contributed by atoms with Gasteiger partial charge in [-0.05, 0) is 19.3 Å². The summed E-state index contributed by atoms with van der Waals surface area (Å²) in [5.74, 6) is 1.10. The Kier molecular flexibility index (Phi) is 7.62. The van der Waals surface area contributed by atoms with Gasteiger partial charge in [0.05, 0.1) is 12.4 Å². The summed E-state index contributed by atoms with van der Waals surface area (Å²) < 4.78 is 0. The highest BCUT2D eigenvalue weighted by Gasteiger charge is 2.11. The lowest BCUT2D eigenvalue weighted by molar-refractivity contribution is 0.0940. The highest BCUT2D eigenvalue weighted by Crippen LogP contribution is 2.11. The molecule has 1 atom stereocenters. The van der Waals surface area contributed by atoms with E-state index >= 15 is 0 Å². The van der Waals surface area contributed by atoms with Crippen molar-refractivity contribution in [3.8, 4) is 0 Å². The summed E-state index contributed by atoms with van der Waals surface area (Å²) in [4.78, 5) is 20.3. The molecule has 5 heteroatoms. The van der Waals surface area contributed by atoms with E-state index in [4.69, 9.17) is 0 Å². The Morgan fingerprint density at radius 1 is 1.25 bits per heavy atom. The van der Waals surface area contributed by atoms with Gasteiger partial charge in [0.25, 0.3) is 5.91 Å². The number of amides is 1. The summed E-state index contributed by atoms with van der Waals surface area (Å²) in [5.41, 5.74) is 0.372. The van der Waals surface area contributed by atoms with E-state index in [0.717, 1.165) is 19.4 Å². The van der Waals surface area contributed by atoms with Crippen LogP contribution in [0.15, 0.2) is 12.4 Å². The zero-order chi connectivity index (χ0) is 14.8. The van der Waals surface area contributed by atoms with Crippen molar-refractivity contribution >= 4 is 11.7 Å². The first-order valence-corrected chi connectivity index (χ1v) is 7.55. The van der Waals surface area contributed by atoms with Crippen LogP contribution in [0, 0.1) is 5.92 Å². The van der Waals surface area contributed by atoms with E-state index in [0.29, 0.717) is 24.0 Å². The molecule has 0 aromatic carbocycles. The van der Waals surface area contributed by atoms with Gasteiger partial charge in [0, 0.05) is 13.1 Å². The zero-order valence-corrected chi connectivity index (χ0v) is 12.8. The number of carbonyl (C=O) groups is 1. The molecule has 0 spiro atoms. The Labute approximate surface area is 121 Å². The highest BCUT2D eigenvalue weighted by molar-refractivity contribution is 5.91. The van der Waals surface area contributed by atoms with Crippen molar-refractivity contribution in [1.82, 2.24) is 15.3 Å². The molecule has 1 aromatic heterocycles. The van der Waals surface area contributed by atoms with Crippen LogP contribution in [-0.2, 0) is 0 Å². The summed E-state index contributed by atoms with van der Waals surface area (Å²) >= 11 is 0. The maximum atomic E-state index is 12.0. The second kappa shape index (κ2) is 9.28. The van der Waals surface area contributed by atoms with Gasteiger partial charge < -0.3 is 10.6 Å². The van der Waals surface area contributed by atoms with Crippen LogP contribution in [0.2, 0.25) is 0 Å². The van der Waals surface area contributed by atoms with Crippen LogP contribution >= 0.6 is 0 Å². The van der Waals surface area contributed by atoms with Crippen LogP contribution in [0.3, 0.4) is 0 Å². The first-order chi connectivity index (χ1) is 9.71. The normalized spacial score (nSPS) is 11.9. The molecule has 1 amide bonds. The lowest BCUT2D eigenvalue weighted by Crippen LogP contribution is -2.30. The number of carbonyl (C=O) groups excluding carboxylic acids is 1. The van der Waals surface area contributed by atoms with E-state index in [1.165, 1.54) is 19.0 Å². The van der Waals surface area contributed by atoms with E-state index in [9.17, 15) is 4.79 Å². The van der Waals surface area contributed by atoms with Gasteiger partial charge in [-0.1, -0.05) is 33.1 Å². The lowest BCUT2D eigenvalue weighted by Gasteiger charge is -2.15. The highest BCUT2D eigenvalue weighted by atomic mass is 16.1. The predicted octanol–water partition coefficient (Wildman–Crippen LogP) is 2.85. The third-order valence-electron chi connectivity index (χ3n) is 3.34. The quantitative estimate of drug-likeness (QED) is 0.729. The standard InChI is InChI=1S/C15H26N4O/c1-4-7-8-12(5-2)9-19-15(20)13-10-18-14(11-17-13)16-6-3/h10-12H,4-9H2,1-3H3,(H,16,18)(H,19,20). The second-order valence-electron chi connectivity index (χ2n) is 4.94. The molecule has 1 unspecified atom stereocenters. The number of rotatable bonds is 9. The number of nitrogens with one attached hydrogen (secondary N) is 2. The zero-order valence-electron chi connectivity index (χ0n) is 12.8. The fourth-order valence-corrected chi connectivity index (χ4v) is 1.99. The molecule has 112 valence electrons. The third kappa shape index (κ3) is 5.55. The number of nitrogens with zero attached hydrogens (tertiary/aromatic N) is 2. The largest absolute Gasteiger partial charge is 0.369 e. The fourth-order valence-electron chi connectivity index (χ4n) is 1.99. The molecular formula is C15H26N4O. The van der Waals surface area contributed by atoms with Crippen LogP contribution in [0.1, 0.15) is 56.9 Å². The molecule has 20 heavy (non-hydrogen) atoms. The van der Waals surface area contributed by atoms with E-state index in [-0.39, 0.29) is 5.91 Å². The minimum absolute atomic E-state index is 0.143. The molecule has 0 saturated carbocycles. The van der Waals surface area contributed by atoms with Crippen molar-refractivity contribution in [2.75, 3.05) is 18.4 Å². The monoisotopic (exact) mass is 278 g/mol. The Morgan fingerprint density at radius 2 is 2.05 bits per heavy atom. The molecule has 0 aliphatic heterocycles. The molecule has 2 N–H and O–H groups in total. The first-order valence-electron chi connectivity index (χ1n) is 7.55. The number of anilines is 1. The van der Waals surface area contributed by atoms with Crippen molar-refractivity contribution < 1.29 is 4.79 Å². The minimum Gasteiger partial charge on any atom is -0.369 e. The predicted molar refractivity (Wildman–Crippen MR) is 81.8 cm³/mol. The number of unbranched alkanes of at least 4 members (excludes halogenated alkanes) is 1. The SMILES string of the molecule is CCCCC(CC)CNC(=O)c1cnc(NCC)cn1. The first kappa shape index (κ1) is 16.4. The minimum atomic E-state index is -0.143. The van der Waals surface area contributed by atoms with Crippen molar-refractivity contribution in [1.29, 1.82) is 0 Å². The molecule has 0 bridgehead atoms. The van der Waals surface area contributed by atoms with E-state index in [2.05, 4.69) is 34.4 Å². The average Bonchev–Trinajstić information content (AvgIpc) is 2.48. The van der Waals surface area contributed by atoms with E-state index in [1.807, 2.05) is 6.92 Å². The third-order valence-corrected chi connectivity index (χ3v) is 3.34. The molecule has 5 nitrogen and oxygen atoms in total. The van der Waals surface area contributed by atoms with Gasteiger partial charge in [-0.3, -0.25) is 4.79 Å². The van der Waals surface area contributed by atoms with Gasteiger partial charge in [-0.15, -0.1) is 0 Å². The number of hydrogen-bond acceptors (Lipinski definition) is 4. The van der Waals surface area contributed by atoms with Gasteiger partial charge in [-0.2, -0.15) is 0 Å². The summed E-state index contributed by atoms with van der Waals surface area (Å²) in [6.07, 6.45) is 7.77. The summed E-state index contributed by atoms with van der Waals surface area (Å²) in [5, 5.41) is 6.00. The Morgan fingerprint density at radius 3 is 2.60 bits per heavy atom. The van der Waals surface area contributed by atoms with Crippen LogP contribution in [0.5, 0.6) is 0 Å². The number of aromatic nitrogens is 2. The average molecular weight is 278 g/mol. The Balaban J connectivity index is 2.45. The maximum absolute atomic E-state index is 12.0. The second-order valence-corrected chi connectivity index (χ2v) is 4.94. The summed E-state index contributed by atoms with van der Waals surface area (Å²) in [7, 11) is 0. The molecule has 1 rings (SSSR count). The van der Waals surface area contributed by atoms with E-state index < -0.39 is 0 Å². The number of hydrogen-bond donors (Lipinski definition) is 2. The van der Waals surface area contributed by atoms with Crippen molar-refractivity contribution in [2.45, 2.75) is 46.5 Å². The maximum Gasteiger partial charge on any atom is 0.271 e. The molecule has 0 saturated heterocycles. The molecule has 0 aliphatic rings. The molecule has 1 aromatic rings. The van der Waals surface area contributed by atoms with Crippen molar-refractivity contribution in [3.63, 3.8) is 0 Å². The van der Waals surface area contributed by atoms with Crippen molar-refractivity contribution in [3.05, 3.63) is 18.1 Å². The van der Waals surface area contributed by atoms with Gasteiger partial charge >= 0.3 is 0 Å². The molecule has 1 heterocycles. The lowest BCUT2D eigenvalue weighted by atomic mass is 9.99. The van der Waals surface area contributed by atoms with Gasteiger partial charge in [-0.25, -0.2) is 9.97 Å². The van der Waals surface area contributed by atoms with Crippen molar-refractivity contribution in [2.24, 2.45) is 5.92 Å². The van der Waals surface area contributed by atoms with Crippen LogP contribution in [0.4, 0.5) is 5.82 Å². The fraction of sp³-hybridized carbons (Fsp3) is 0.667.